The molecule has 2 atom stereocenters. The van der Waals surface area contributed by atoms with Crippen LogP contribution in [-0.2, 0) is 16.1 Å². The Labute approximate surface area is 106 Å². The predicted molar refractivity (Wildman–Crippen MR) is 67.5 cm³/mol. The summed E-state index contributed by atoms with van der Waals surface area (Å²) in [6.07, 6.45) is 3.81. The number of anilines is 1. The van der Waals surface area contributed by atoms with Gasteiger partial charge in [0, 0.05) is 6.20 Å². The maximum absolute atomic E-state index is 11.8. The monoisotopic (exact) mass is 253 g/mol. The van der Waals surface area contributed by atoms with Gasteiger partial charge in [0.05, 0.1) is 17.9 Å². The number of carbonyl (C=O) groups is 2. The summed E-state index contributed by atoms with van der Waals surface area (Å²) in [4.78, 5) is 22.5. The van der Waals surface area contributed by atoms with Crippen LogP contribution in [0.1, 0.15) is 20.3 Å². The van der Waals surface area contributed by atoms with Crippen LogP contribution in [-0.4, -0.2) is 27.6 Å². The number of carbonyl (C=O) groups excluding carboxylic acids is 2. The maximum atomic E-state index is 11.8. The van der Waals surface area contributed by atoms with Gasteiger partial charge in [0.1, 0.15) is 6.54 Å². The fourth-order valence-electron chi connectivity index (χ4n) is 1.41. The number of primary amides is 1. The van der Waals surface area contributed by atoms with Crippen LogP contribution in [0.5, 0.6) is 0 Å². The second-order valence-electron chi connectivity index (χ2n) is 4.29. The molecule has 1 aromatic rings. The molecule has 7 heteroatoms. The molecule has 1 rings (SSSR count). The van der Waals surface area contributed by atoms with Crippen LogP contribution in [0.2, 0.25) is 0 Å². The van der Waals surface area contributed by atoms with E-state index in [1.807, 2.05) is 13.8 Å². The predicted octanol–water partition coefficient (Wildman–Crippen LogP) is -0.320. The molecule has 1 heterocycles. The van der Waals surface area contributed by atoms with E-state index in [0.717, 1.165) is 6.42 Å². The number of hydrogen-bond acceptors (Lipinski definition) is 4. The smallest absolute Gasteiger partial charge is 0.241 e. The van der Waals surface area contributed by atoms with Gasteiger partial charge in [-0.3, -0.25) is 14.3 Å². The molecule has 0 bridgehead atoms. The Balaban J connectivity index is 2.59. The van der Waals surface area contributed by atoms with E-state index in [4.69, 9.17) is 11.5 Å². The van der Waals surface area contributed by atoms with Crippen LogP contribution in [0.3, 0.4) is 0 Å². The van der Waals surface area contributed by atoms with Gasteiger partial charge < -0.3 is 16.8 Å². The Morgan fingerprint density at radius 2 is 2.22 bits per heavy atom. The third kappa shape index (κ3) is 3.85. The molecular weight excluding hydrogens is 234 g/mol. The van der Waals surface area contributed by atoms with E-state index < -0.39 is 11.9 Å². The van der Waals surface area contributed by atoms with Crippen molar-refractivity contribution in [3.8, 4) is 0 Å². The first-order chi connectivity index (χ1) is 8.43. The molecule has 0 saturated carbocycles. The summed E-state index contributed by atoms with van der Waals surface area (Å²) in [7, 11) is 0. The Morgan fingerprint density at radius 3 is 2.78 bits per heavy atom. The molecule has 0 aliphatic heterocycles. The Hall–Kier alpha value is -1.89. The van der Waals surface area contributed by atoms with Crippen molar-refractivity contribution in [3.63, 3.8) is 0 Å². The summed E-state index contributed by atoms with van der Waals surface area (Å²) >= 11 is 0. The van der Waals surface area contributed by atoms with E-state index in [2.05, 4.69) is 10.4 Å². The third-order valence-electron chi connectivity index (χ3n) is 2.78. The summed E-state index contributed by atoms with van der Waals surface area (Å²) in [5, 5.41) is 6.55. The summed E-state index contributed by atoms with van der Waals surface area (Å²) < 4.78 is 1.35. The molecule has 0 radical (unpaired) electrons. The molecule has 0 spiro atoms. The van der Waals surface area contributed by atoms with E-state index in [1.54, 1.807) is 0 Å². The highest BCUT2D eigenvalue weighted by Crippen LogP contribution is 2.09. The van der Waals surface area contributed by atoms with E-state index in [0.29, 0.717) is 5.69 Å². The van der Waals surface area contributed by atoms with E-state index >= 15 is 0 Å². The van der Waals surface area contributed by atoms with Crippen LogP contribution < -0.4 is 16.8 Å². The second-order valence-corrected chi connectivity index (χ2v) is 4.29. The zero-order valence-corrected chi connectivity index (χ0v) is 10.6. The molecule has 2 amide bonds. The van der Waals surface area contributed by atoms with Crippen molar-refractivity contribution in [2.24, 2.45) is 17.4 Å². The molecule has 1 aromatic heterocycles. The first-order valence-electron chi connectivity index (χ1n) is 5.81. The standard InChI is InChI=1S/C11H19N5O2/c1-3-7(2)10(13)11(18)15-8-4-14-16(5-8)6-9(12)17/h4-5,7,10H,3,6,13H2,1-2H3,(H2,12,17)(H,15,18). The van der Waals surface area contributed by atoms with Gasteiger partial charge >= 0.3 is 0 Å². The first-order valence-corrected chi connectivity index (χ1v) is 5.81. The van der Waals surface area contributed by atoms with Gasteiger partial charge in [-0.05, 0) is 5.92 Å². The number of aromatic nitrogens is 2. The molecule has 0 aliphatic rings. The lowest BCUT2D eigenvalue weighted by atomic mass is 9.99. The van der Waals surface area contributed by atoms with Crippen molar-refractivity contribution in [2.45, 2.75) is 32.9 Å². The fraction of sp³-hybridized carbons (Fsp3) is 0.545. The van der Waals surface area contributed by atoms with Crippen LogP contribution >= 0.6 is 0 Å². The molecule has 18 heavy (non-hydrogen) atoms. The average Bonchev–Trinajstić information content (AvgIpc) is 2.73. The van der Waals surface area contributed by atoms with Gasteiger partial charge in [-0.1, -0.05) is 20.3 Å². The number of nitrogens with zero attached hydrogens (tertiary/aromatic N) is 2. The molecule has 0 aromatic carbocycles. The number of rotatable bonds is 6. The van der Waals surface area contributed by atoms with Crippen molar-refractivity contribution in [3.05, 3.63) is 12.4 Å². The zero-order valence-electron chi connectivity index (χ0n) is 10.6. The molecule has 0 saturated heterocycles. The molecule has 0 fully saturated rings. The topological polar surface area (TPSA) is 116 Å². The van der Waals surface area contributed by atoms with Crippen LogP contribution in [0.15, 0.2) is 12.4 Å². The molecular formula is C11H19N5O2. The highest BCUT2D eigenvalue weighted by molar-refractivity contribution is 5.94. The van der Waals surface area contributed by atoms with Gasteiger partial charge in [-0.25, -0.2) is 0 Å². The van der Waals surface area contributed by atoms with E-state index in [1.165, 1.54) is 17.1 Å². The minimum absolute atomic E-state index is 0.0205. The molecule has 5 N–H and O–H groups in total. The summed E-state index contributed by atoms with van der Waals surface area (Å²) in [5.41, 5.74) is 11.3. The summed E-state index contributed by atoms with van der Waals surface area (Å²) in [6, 6.07) is -0.561. The summed E-state index contributed by atoms with van der Waals surface area (Å²) in [5.74, 6) is -0.652. The fourth-order valence-corrected chi connectivity index (χ4v) is 1.41. The van der Waals surface area contributed by atoms with Crippen LogP contribution in [0, 0.1) is 5.92 Å². The maximum Gasteiger partial charge on any atom is 0.241 e. The van der Waals surface area contributed by atoms with E-state index in [9.17, 15) is 9.59 Å². The van der Waals surface area contributed by atoms with Crippen molar-refractivity contribution in [1.82, 2.24) is 9.78 Å². The Bertz CT molecular complexity index is 429. The highest BCUT2D eigenvalue weighted by Gasteiger charge is 2.19. The van der Waals surface area contributed by atoms with Crippen LogP contribution in [0.25, 0.3) is 0 Å². The normalized spacial score (nSPS) is 13.9. The number of hydrogen-bond donors (Lipinski definition) is 3. The van der Waals surface area contributed by atoms with Crippen molar-refractivity contribution >= 4 is 17.5 Å². The van der Waals surface area contributed by atoms with Crippen LogP contribution in [0.4, 0.5) is 5.69 Å². The number of nitrogens with one attached hydrogen (secondary N) is 1. The average molecular weight is 253 g/mol. The van der Waals surface area contributed by atoms with Gasteiger partial charge in [-0.2, -0.15) is 5.10 Å². The Morgan fingerprint density at radius 1 is 1.56 bits per heavy atom. The lowest BCUT2D eigenvalue weighted by Gasteiger charge is -2.16. The minimum atomic E-state index is -0.561. The molecule has 2 unspecified atom stereocenters. The Kier molecular flexibility index (Phi) is 4.85. The lowest BCUT2D eigenvalue weighted by molar-refractivity contribution is -0.119. The molecule has 100 valence electrons. The van der Waals surface area contributed by atoms with E-state index in [-0.39, 0.29) is 18.4 Å². The zero-order chi connectivity index (χ0) is 13.7. The van der Waals surface area contributed by atoms with Gasteiger partial charge in [-0.15, -0.1) is 0 Å². The lowest BCUT2D eigenvalue weighted by Crippen LogP contribution is -2.40. The van der Waals surface area contributed by atoms with Crippen molar-refractivity contribution in [1.29, 1.82) is 0 Å². The minimum Gasteiger partial charge on any atom is -0.368 e. The molecule has 0 aliphatic carbocycles. The third-order valence-corrected chi connectivity index (χ3v) is 2.78. The van der Waals surface area contributed by atoms with Crippen molar-refractivity contribution < 1.29 is 9.59 Å². The van der Waals surface area contributed by atoms with Crippen molar-refractivity contribution in [2.75, 3.05) is 5.32 Å². The number of amides is 2. The SMILES string of the molecule is CCC(C)C(N)C(=O)Nc1cnn(CC(N)=O)c1. The highest BCUT2D eigenvalue weighted by atomic mass is 16.2. The quantitative estimate of drug-likeness (QED) is 0.644. The largest absolute Gasteiger partial charge is 0.368 e. The first kappa shape index (κ1) is 14.2. The summed E-state index contributed by atoms with van der Waals surface area (Å²) in [6.45, 7) is 3.87. The number of nitrogens with two attached hydrogens (primary N) is 2. The second kappa shape index (κ2) is 6.15. The van der Waals surface area contributed by atoms with Gasteiger partial charge in [0.25, 0.3) is 0 Å². The van der Waals surface area contributed by atoms with Gasteiger partial charge in [0.15, 0.2) is 0 Å². The molecule has 7 nitrogen and oxygen atoms in total. The van der Waals surface area contributed by atoms with Gasteiger partial charge in [0.2, 0.25) is 11.8 Å².